The lowest BCUT2D eigenvalue weighted by Crippen LogP contribution is -2.28. The summed E-state index contributed by atoms with van der Waals surface area (Å²) in [5, 5.41) is 4.99. The number of anilines is 1. The molecule has 1 saturated heterocycles. The lowest BCUT2D eigenvalue weighted by Gasteiger charge is -2.13. The Balaban J connectivity index is 1.63. The Morgan fingerprint density at radius 1 is 1.32 bits per heavy atom. The molecule has 2 aliphatic rings. The van der Waals surface area contributed by atoms with Crippen LogP contribution in [0, 0.1) is 6.92 Å². The Hall–Kier alpha value is -2.86. The van der Waals surface area contributed by atoms with E-state index in [1.807, 2.05) is 36.1 Å². The topological polar surface area (TPSA) is 84.9 Å². The molecule has 0 radical (unpaired) electrons. The van der Waals surface area contributed by atoms with Gasteiger partial charge in [0.2, 0.25) is 0 Å². The predicted molar refractivity (Wildman–Crippen MR) is 93.1 cm³/mol. The van der Waals surface area contributed by atoms with Crippen molar-refractivity contribution in [3.63, 3.8) is 0 Å². The smallest absolute Gasteiger partial charge is 0.256 e. The molecule has 3 aromatic rings. The number of nitrogens with zero attached hydrogens (tertiary/aromatic N) is 2. The zero-order chi connectivity index (χ0) is 17.1. The third-order valence-electron chi connectivity index (χ3n) is 4.98. The van der Waals surface area contributed by atoms with E-state index < -0.39 is 0 Å². The Bertz CT molecular complexity index is 1020. The summed E-state index contributed by atoms with van der Waals surface area (Å²) < 4.78 is 10.6. The molecule has 0 saturated carbocycles. The Labute approximate surface area is 144 Å². The van der Waals surface area contributed by atoms with Crippen molar-refractivity contribution < 1.29 is 14.1 Å². The number of carbonyl (C=O) groups excluding carboxylic acids is 1. The fraction of sp³-hybridized carbons (Fsp3) is 0.263. The first kappa shape index (κ1) is 14.5. The number of hydrogen-bond acceptors (Lipinski definition) is 5. The lowest BCUT2D eigenvalue weighted by molar-refractivity contribution is 0.0767. The monoisotopic (exact) mass is 335 g/mol. The van der Waals surface area contributed by atoms with Crippen molar-refractivity contribution in [2.24, 2.45) is 0 Å². The number of carbonyl (C=O) groups is 1. The molecule has 1 atom stereocenters. The molecule has 0 bridgehead atoms. The number of nitrogen functional groups attached to an aromatic ring is 1. The normalized spacial score (nSPS) is 18.8. The summed E-state index contributed by atoms with van der Waals surface area (Å²) in [4.78, 5) is 14.6. The van der Waals surface area contributed by atoms with E-state index in [4.69, 9.17) is 15.0 Å². The van der Waals surface area contributed by atoms with Crippen molar-refractivity contribution in [2.45, 2.75) is 19.6 Å². The standard InChI is InChI=1S/C19H17N3O3/c1-10-14-6-11(2-5-17(14)25-21-10)13-3-4-16(20)18-15(13)8-22(19(18)23)7-12-9-24-12/h2-6,12H,7-9,20H2,1H3. The highest BCUT2D eigenvalue weighted by Crippen LogP contribution is 2.37. The van der Waals surface area contributed by atoms with Crippen LogP contribution < -0.4 is 5.73 Å². The number of hydrogen-bond donors (Lipinski definition) is 1. The first-order valence-corrected chi connectivity index (χ1v) is 8.30. The Morgan fingerprint density at radius 2 is 2.16 bits per heavy atom. The summed E-state index contributed by atoms with van der Waals surface area (Å²) in [6, 6.07) is 9.77. The third-order valence-corrected chi connectivity index (χ3v) is 4.98. The zero-order valence-electron chi connectivity index (χ0n) is 13.8. The number of nitrogens with two attached hydrogens (primary N) is 1. The summed E-state index contributed by atoms with van der Waals surface area (Å²) in [5.41, 5.74) is 11.9. The molecule has 2 N–H and O–H groups in total. The SMILES string of the molecule is Cc1noc2ccc(-c3ccc(N)c4c3CN(CC3CO3)C4=O)cc12. The van der Waals surface area contributed by atoms with Crippen molar-refractivity contribution >= 4 is 22.6 Å². The number of aryl methyl sites for hydroxylation is 1. The molecule has 1 unspecified atom stereocenters. The van der Waals surface area contributed by atoms with Crippen LogP contribution in [0.25, 0.3) is 22.1 Å². The van der Waals surface area contributed by atoms with E-state index >= 15 is 0 Å². The van der Waals surface area contributed by atoms with Crippen LogP contribution >= 0.6 is 0 Å². The van der Waals surface area contributed by atoms with E-state index in [2.05, 4.69) is 11.2 Å². The van der Waals surface area contributed by atoms with E-state index in [1.54, 1.807) is 0 Å². The van der Waals surface area contributed by atoms with Crippen molar-refractivity contribution in [2.75, 3.05) is 18.9 Å². The van der Waals surface area contributed by atoms with Gasteiger partial charge >= 0.3 is 0 Å². The highest BCUT2D eigenvalue weighted by molar-refractivity contribution is 6.05. The molecule has 6 nitrogen and oxygen atoms in total. The molecule has 5 rings (SSSR count). The number of ether oxygens (including phenoxy) is 1. The number of benzene rings is 2. The maximum Gasteiger partial charge on any atom is 0.256 e. The maximum atomic E-state index is 12.8. The summed E-state index contributed by atoms with van der Waals surface area (Å²) in [6.07, 6.45) is 0.166. The van der Waals surface area contributed by atoms with Gasteiger partial charge in [0.1, 0.15) is 0 Å². The fourth-order valence-corrected chi connectivity index (χ4v) is 3.57. The van der Waals surface area contributed by atoms with Gasteiger partial charge in [-0.25, -0.2) is 0 Å². The van der Waals surface area contributed by atoms with E-state index in [1.165, 1.54) is 0 Å². The van der Waals surface area contributed by atoms with Crippen LogP contribution in [0.15, 0.2) is 34.9 Å². The molecule has 0 spiro atoms. The van der Waals surface area contributed by atoms with Crippen LogP contribution in [-0.2, 0) is 11.3 Å². The van der Waals surface area contributed by atoms with Gasteiger partial charge in [-0.15, -0.1) is 0 Å². The molecule has 2 aliphatic heterocycles. The maximum absolute atomic E-state index is 12.8. The van der Waals surface area contributed by atoms with Crippen molar-refractivity contribution in [1.82, 2.24) is 10.1 Å². The van der Waals surface area contributed by atoms with E-state index in [0.717, 1.165) is 40.0 Å². The first-order valence-electron chi connectivity index (χ1n) is 8.30. The minimum absolute atomic E-state index is 0.00733. The molecule has 25 heavy (non-hydrogen) atoms. The van der Waals surface area contributed by atoms with E-state index in [0.29, 0.717) is 24.3 Å². The van der Waals surface area contributed by atoms with Gasteiger partial charge in [0.25, 0.3) is 5.91 Å². The van der Waals surface area contributed by atoms with Crippen LogP contribution in [0.5, 0.6) is 0 Å². The quantitative estimate of drug-likeness (QED) is 0.587. The summed E-state index contributed by atoms with van der Waals surface area (Å²) in [6.45, 7) is 3.83. The second-order valence-corrected chi connectivity index (χ2v) is 6.68. The number of rotatable bonds is 3. The molecule has 1 amide bonds. The molecule has 2 aromatic carbocycles. The van der Waals surface area contributed by atoms with Crippen LogP contribution in [0.2, 0.25) is 0 Å². The second-order valence-electron chi connectivity index (χ2n) is 6.68. The summed E-state index contributed by atoms with van der Waals surface area (Å²) in [7, 11) is 0. The molecule has 126 valence electrons. The van der Waals surface area contributed by atoms with Crippen LogP contribution in [0.3, 0.4) is 0 Å². The van der Waals surface area contributed by atoms with Crippen molar-refractivity contribution in [3.05, 3.63) is 47.2 Å². The molecule has 3 heterocycles. The van der Waals surface area contributed by atoms with Gasteiger partial charge < -0.3 is 19.9 Å². The lowest BCUT2D eigenvalue weighted by atomic mass is 9.95. The van der Waals surface area contributed by atoms with Crippen molar-refractivity contribution in [1.29, 1.82) is 0 Å². The zero-order valence-corrected chi connectivity index (χ0v) is 13.8. The first-order chi connectivity index (χ1) is 12.1. The van der Waals surface area contributed by atoms with Crippen molar-refractivity contribution in [3.8, 4) is 11.1 Å². The molecular weight excluding hydrogens is 318 g/mol. The molecule has 1 fully saturated rings. The summed E-state index contributed by atoms with van der Waals surface area (Å²) in [5.74, 6) is -0.00733. The van der Waals surface area contributed by atoms with Gasteiger partial charge in [-0.05, 0) is 41.8 Å². The van der Waals surface area contributed by atoms with Gasteiger partial charge in [-0.3, -0.25) is 4.79 Å². The largest absolute Gasteiger partial charge is 0.398 e. The molecular formula is C19H17N3O3. The van der Waals surface area contributed by atoms with Crippen LogP contribution in [0.4, 0.5) is 5.69 Å². The fourth-order valence-electron chi connectivity index (χ4n) is 3.57. The number of fused-ring (bicyclic) bond motifs is 2. The van der Waals surface area contributed by atoms with Crippen LogP contribution in [0.1, 0.15) is 21.6 Å². The predicted octanol–water partition coefficient (Wildman–Crippen LogP) is 2.74. The van der Waals surface area contributed by atoms with Gasteiger partial charge in [-0.1, -0.05) is 17.3 Å². The molecule has 6 heteroatoms. The van der Waals surface area contributed by atoms with Gasteiger partial charge in [-0.2, -0.15) is 0 Å². The van der Waals surface area contributed by atoms with Gasteiger partial charge in [0.15, 0.2) is 5.58 Å². The number of amides is 1. The van der Waals surface area contributed by atoms with Crippen LogP contribution in [-0.4, -0.2) is 35.2 Å². The highest BCUT2D eigenvalue weighted by Gasteiger charge is 2.36. The Morgan fingerprint density at radius 3 is 2.96 bits per heavy atom. The number of epoxide rings is 1. The molecule has 1 aromatic heterocycles. The van der Waals surface area contributed by atoms with E-state index in [9.17, 15) is 4.79 Å². The second kappa shape index (κ2) is 5.07. The Kier molecular flexibility index (Phi) is 2.93. The van der Waals surface area contributed by atoms with Gasteiger partial charge in [0, 0.05) is 24.2 Å². The average Bonchev–Trinajstić information content (AvgIpc) is 3.27. The van der Waals surface area contributed by atoms with E-state index in [-0.39, 0.29) is 12.0 Å². The van der Waals surface area contributed by atoms with Gasteiger partial charge in [0.05, 0.1) is 24.0 Å². The number of aromatic nitrogens is 1. The summed E-state index contributed by atoms with van der Waals surface area (Å²) >= 11 is 0. The average molecular weight is 335 g/mol. The highest BCUT2D eigenvalue weighted by atomic mass is 16.6. The minimum atomic E-state index is -0.00733. The molecule has 0 aliphatic carbocycles. The minimum Gasteiger partial charge on any atom is -0.398 e. The third kappa shape index (κ3) is 2.21.